The molecule has 0 saturated heterocycles. The van der Waals surface area contributed by atoms with Crippen LogP contribution in [-0.4, -0.2) is 19.5 Å². The van der Waals surface area contributed by atoms with Crippen molar-refractivity contribution in [3.05, 3.63) is 57.8 Å². The average molecular weight is 432 g/mol. The van der Waals surface area contributed by atoms with Crippen molar-refractivity contribution in [2.45, 2.75) is 31.9 Å². The van der Waals surface area contributed by atoms with E-state index >= 15 is 0 Å². The number of carbonyl (C=O) groups is 1. The van der Waals surface area contributed by atoms with Gasteiger partial charge in [-0.3, -0.25) is 9.52 Å². The summed E-state index contributed by atoms with van der Waals surface area (Å²) in [7, 11) is -3.69. The first-order valence-corrected chi connectivity index (χ1v) is 11.1. The molecule has 0 fully saturated rings. The maximum atomic E-state index is 12.7. The highest BCUT2D eigenvalue weighted by Crippen LogP contribution is 2.28. The first-order chi connectivity index (χ1) is 13.7. The van der Waals surface area contributed by atoms with Gasteiger partial charge < -0.3 is 9.84 Å². The number of benzene rings is 1. The molecule has 3 rings (SSSR count). The van der Waals surface area contributed by atoms with Crippen molar-refractivity contribution in [2.24, 2.45) is 0 Å². The molecule has 1 aromatic carbocycles. The lowest BCUT2D eigenvalue weighted by molar-refractivity contribution is -0.114. The first-order valence-electron chi connectivity index (χ1n) is 8.77. The summed E-state index contributed by atoms with van der Waals surface area (Å²) in [6.07, 6.45) is 3.36. The minimum Gasteiger partial charge on any atom is -0.354 e. The van der Waals surface area contributed by atoms with Crippen LogP contribution in [-0.2, 0) is 14.8 Å². The normalized spacial score (nSPS) is 11.7. The van der Waals surface area contributed by atoms with Gasteiger partial charge in [0, 0.05) is 11.8 Å². The Morgan fingerprint density at radius 2 is 1.90 bits per heavy atom. The number of aromatic nitrogens is 1. The van der Waals surface area contributed by atoms with Crippen LogP contribution >= 0.6 is 11.3 Å². The zero-order valence-electron chi connectivity index (χ0n) is 16.4. The summed E-state index contributed by atoms with van der Waals surface area (Å²) < 4.78 is 33.5. The van der Waals surface area contributed by atoms with Crippen LogP contribution in [0.5, 0.6) is 0 Å². The molecule has 0 spiro atoms. The molecule has 1 amide bonds. The SMILES string of the molecule is CC(=O)Nc1c(C)noc1C=Cc1ccc(S(=O)(=O)Nc2ccc(C)cc2C)s1. The van der Waals surface area contributed by atoms with E-state index in [-0.39, 0.29) is 10.1 Å². The molecule has 29 heavy (non-hydrogen) atoms. The predicted octanol–water partition coefficient (Wildman–Crippen LogP) is 4.59. The minimum absolute atomic E-state index is 0.202. The largest absolute Gasteiger partial charge is 0.354 e. The van der Waals surface area contributed by atoms with Crippen molar-refractivity contribution in [3.63, 3.8) is 0 Å². The molecule has 7 nitrogen and oxygen atoms in total. The molecular weight excluding hydrogens is 410 g/mol. The van der Waals surface area contributed by atoms with Crippen molar-refractivity contribution in [2.75, 3.05) is 10.0 Å². The number of nitrogens with one attached hydrogen (secondary N) is 2. The third-order valence-corrected chi connectivity index (χ3v) is 6.99. The van der Waals surface area contributed by atoms with Gasteiger partial charge in [0.1, 0.15) is 15.6 Å². The summed E-state index contributed by atoms with van der Waals surface area (Å²) in [6, 6.07) is 8.80. The summed E-state index contributed by atoms with van der Waals surface area (Å²) in [4.78, 5) is 12.0. The van der Waals surface area contributed by atoms with Crippen molar-refractivity contribution >= 4 is 50.8 Å². The number of thiophene rings is 1. The molecule has 0 bridgehead atoms. The molecule has 2 N–H and O–H groups in total. The van der Waals surface area contributed by atoms with Crippen molar-refractivity contribution in [1.29, 1.82) is 0 Å². The number of rotatable bonds is 6. The Labute approximate surface area is 173 Å². The second-order valence-electron chi connectivity index (χ2n) is 6.60. The highest BCUT2D eigenvalue weighted by atomic mass is 32.2. The fraction of sp³-hybridized carbons (Fsp3) is 0.200. The van der Waals surface area contributed by atoms with Gasteiger partial charge in [-0.25, -0.2) is 8.42 Å². The minimum atomic E-state index is -3.69. The molecule has 0 aliphatic carbocycles. The highest BCUT2D eigenvalue weighted by Gasteiger charge is 2.18. The molecule has 0 saturated carbocycles. The summed E-state index contributed by atoms with van der Waals surface area (Å²) in [5, 5.41) is 6.52. The topological polar surface area (TPSA) is 101 Å². The smallest absolute Gasteiger partial charge is 0.271 e. The quantitative estimate of drug-likeness (QED) is 0.594. The first kappa shape index (κ1) is 20.8. The van der Waals surface area contributed by atoms with E-state index in [2.05, 4.69) is 15.2 Å². The molecule has 0 unspecified atom stereocenters. The number of sulfonamides is 1. The maximum Gasteiger partial charge on any atom is 0.271 e. The van der Waals surface area contributed by atoms with Crippen LogP contribution in [0, 0.1) is 20.8 Å². The third-order valence-electron chi connectivity index (χ3n) is 4.08. The zero-order chi connectivity index (χ0) is 21.2. The van der Waals surface area contributed by atoms with Gasteiger partial charge in [0.2, 0.25) is 5.91 Å². The molecule has 9 heteroatoms. The fourth-order valence-corrected chi connectivity index (χ4v) is 5.04. The maximum absolute atomic E-state index is 12.7. The molecule has 0 aliphatic rings. The van der Waals surface area contributed by atoms with Crippen LogP contribution in [0.1, 0.15) is 34.4 Å². The summed E-state index contributed by atoms with van der Waals surface area (Å²) in [6.45, 7) is 6.94. The summed E-state index contributed by atoms with van der Waals surface area (Å²) in [5.41, 5.74) is 3.53. The Balaban J connectivity index is 1.80. The van der Waals surface area contributed by atoms with E-state index in [0.29, 0.717) is 27.7 Å². The lowest BCUT2D eigenvalue weighted by atomic mass is 10.1. The molecule has 3 aromatic rings. The molecule has 0 aliphatic heterocycles. The summed E-state index contributed by atoms with van der Waals surface area (Å²) in [5.74, 6) is 0.164. The van der Waals surface area contributed by atoms with Gasteiger partial charge in [-0.2, -0.15) is 0 Å². The number of aryl methyl sites for hydroxylation is 3. The van der Waals surface area contributed by atoms with E-state index in [9.17, 15) is 13.2 Å². The Bertz CT molecular complexity index is 1190. The summed E-state index contributed by atoms with van der Waals surface area (Å²) >= 11 is 1.13. The third kappa shape index (κ3) is 4.93. The second-order valence-corrected chi connectivity index (χ2v) is 9.63. The van der Waals surface area contributed by atoms with Crippen molar-refractivity contribution in [1.82, 2.24) is 5.16 Å². The van der Waals surface area contributed by atoms with Crippen LogP contribution in [0.2, 0.25) is 0 Å². The number of amides is 1. The number of anilines is 2. The zero-order valence-corrected chi connectivity index (χ0v) is 18.1. The van der Waals surface area contributed by atoms with Gasteiger partial charge in [0.25, 0.3) is 10.0 Å². The van der Waals surface area contributed by atoms with E-state index in [0.717, 1.165) is 22.5 Å². The molecule has 0 radical (unpaired) electrons. The van der Waals surface area contributed by atoms with Gasteiger partial charge in [0.15, 0.2) is 5.76 Å². The van der Waals surface area contributed by atoms with Crippen LogP contribution in [0.3, 0.4) is 0 Å². The van der Waals surface area contributed by atoms with Gasteiger partial charge in [0.05, 0.1) is 5.69 Å². The van der Waals surface area contributed by atoms with E-state index in [1.807, 2.05) is 26.0 Å². The van der Waals surface area contributed by atoms with Gasteiger partial charge in [-0.15, -0.1) is 11.3 Å². The Kier molecular flexibility index (Phi) is 5.90. The van der Waals surface area contributed by atoms with Gasteiger partial charge in [-0.1, -0.05) is 22.9 Å². The van der Waals surface area contributed by atoms with E-state index < -0.39 is 10.0 Å². The lowest BCUT2D eigenvalue weighted by Gasteiger charge is -2.09. The fourth-order valence-electron chi connectivity index (χ4n) is 2.68. The highest BCUT2D eigenvalue weighted by molar-refractivity contribution is 7.94. The van der Waals surface area contributed by atoms with Crippen molar-refractivity contribution in [3.8, 4) is 0 Å². The van der Waals surface area contributed by atoms with Crippen LogP contribution in [0.4, 0.5) is 11.4 Å². The van der Waals surface area contributed by atoms with Gasteiger partial charge in [-0.05, 0) is 56.7 Å². The number of hydrogen-bond acceptors (Lipinski definition) is 6. The molecular formula is C20H21N3O4S2. The molecule has 2 aromatic heterocycles. The van der Waals surface area contributed by atoms with Crippen LogP contribution < -0.4 is 10.0 Å². The van der Waals surface area contributed by atoms with Gasteiger partial charge >= 0.3 is 0 Å². The number of carbonyl (C=O) groups excluding carboxylic acids is 1. The molecule has 0 atom stereocenters. The predicted molar refractivity (Wildman–Crippen MR) is 116 cm³/mol. The molecule has 152 valence electrons. The standard InChI is InChI=1S/C20H21N3O4S2/c1-12-5-8-17(13(2)11-12)23-29(25,26)19-10-7-16(28-19)6-9-18-20(21-15(4)24)14(3)22-27-18/h5-11,23H,1-4H3,(H,21,24). The van der Waals surface area contributed by atoms with Crippen LogP contribution in [0.15, 0.2) is 39.1 Å². The Hall–Kier alpha value is -2.91. The Morgan fingerprint density at radius 3 is 2.59 bits per heavy atom. The average Bonchev–Trinajstić information content (AvgIpc) is 3.24. The lowest BCUT2D eigenvalue weighted by Crippen LogP contribution is -2.12. The van der Waals surface area contributed by atoms with E-state index in [1.54, 1.807) is 37.3 Å². The molecule has 2 heterocycles. The number of hydrogen-bond donors (Lipinski definition) is 2. The Morgan fingerprint density at radius 1 is 1.14 bits per heavy atom. The second kappa shape index (κ2) is 8.22. The van der Waals surface area contributed by atoms with Crippen molar-refractivity contribution < 1.29 is 17.7 Å². The van der Waals surface area contributed by atoms with Crippen LogP contribution in [0.25, 0.3) is 12.2 Å². The van der Waals surface area contributed by atoms with E-state index in [4.69, 9.17) is 4.52 Å². The van der Waals surface area contributed by atoms with E-state index in [1.165, 1.54) is 6.92 Å². The monoisotopic (exact) mass is 431 g/mol. The number of nitrogens with zero attached hydrogens (tertiary/aromatic N) is 1.